The Morgan fingerprint density at radius 3 is 2.50 bits per heavy atom. The molecule has 1 aromatic carbocycles. The molecule has 1 fully saturated rings. The van der Waals surface area contributed by atoms with Crippen molar-refractivity contribution >= 4 is 34.3 Å². The van der Waals surface area contributed by atoms with E-state index in [2.05, 4.69) is 21.7 Å². The van der Waals surface area contributed by atoms with Crippen LogP contribution in [0.15, 0.2) is 47.2 Å². The van der Waals surface area contributed by atoms with Crippen LogP contribution in [0.1, 0.15) is 15.4 Å². The number of nitro benzene ring substituents is 1. The highest BCUT2D eigenvalue weighted by Crippen LogP contribution is 2.26. The lowest BCUT2D eigenvalue weighted by atomic mass is 10.1. The number of aromatic nitrogens is 1. The fourth-order valence-corrected chi connectivity index (χ4v) is 4.73. The molecule has 0 saturated carbocycles. The van der Waals surface area contributed by atoms with Crippen LogP contribution in [-0.4, -0.2) is 51.8 Å². The Morgan fingerprint density at radius 1 is 1.11 bits per heavy atom. The smallest absolute Gasteiger partial charge is 0.269 e. The first kappa shape index (κ1) is 18.7. The minimum atomic E-state index is -0.463. The Kier molecular flexibility index (Phi) is 5.47. The molecule has 0 bridgehead atoms. The Hall–Kier alpha value is -2.62. The summed E-state index contributed by atoms with van der Waals surface area (Å²) in [4.78, 5) is 32.9. The number of hydrogen-bond donors (Lipinski definition) is 0. The fraction of sp³-hybridized carbons (Fsp3) is 0.263. The van der Waals surface area contributed by atoms with E-state index in [-0.39, 0.29) is 11.6 Å². The Balaban J connectivity index is 1.32. The fourth-order valence-electron chi connectivity index (χ4n) is 3.13. The summed E-state index contributed by atoms with van der Waals surface area (Å²) in [6.45, 7) is 3.63. The zero-order valence-corrected chi connectivity index (χ0v) is 16.6. The molecule has 1 aliphatic heterocycles. The molecule has 7 nitrogen and oxygen atoms in total. The summed E-state index contributed by atoms with van der Waals surface area (Å²) < 4.78 is 0. The maximum atomic E-state index is 12.6. The molecule has 2 aromatic heterocycles. The average Bonchev–Trinajstić information content (AvgIpc) is 3.40. The summed E-state index contributed by atoms with van der Waals surface area (Å²) in [7, 11) is 0. The number of piperazine rings is 1. The second-order valence-corrected chi connectivity index (χ2v) is 8.37. The topological polar surface area (TPSA) is 79.6 Å². The van der Waals surface area contributed by atoms with E-state index in [4.69, 9.17) is 4.98 Å². The van der Waals surface area contributed by atoms with Gasteiger partial charge in [-0.15, -0.1) is 22.7 Å². The van der Waals surface area contributed by atoms with Crippen LogP contribution in [-0.2, 0) is 6.54 Å². The third-order valence-corrected chi connectivity index (χ3v) is 6.39. The molecule has 9 heteroatoms. The summed E-state index contributed by atoms with van der Waals surface area (Å²) in [5.74, 6) is -0.0798. The molecule has 0 radical (unpaired) electrons. The summed E-state index contributed by atoms with van der Waals surface area (Å²) in [5, 5.41) is 16.0. The zero-order chi connectivity index (χ0) is 19.5. The summed E-state index contributed by atoms with van der Waals surface area (Å²) >= 11 is 3.36. The van der Waals surface area contributed by atoms with E-state index in [1.54, 1.807) is 27.6 Å². The van der Waals surface area contributed by atoms with E-state index in [0.29, 0.717) is 18.7 Å². The van der Waals surface area contributed by atoms with Gasteiger partial charge >= 0.3 is 0 Å². The average molecular weight is 415 g/mol. The standard InChI is InChI=1S/C19H18N4O3S2/c24-19(14-3-5-15(6-4-14)23(25)26)22-9-7-21(8-10-22)12-18-20-16(13-28-18)17-2-1-11-27-17/h1-6,11,13H,7-10,12H2. The predicted molar refractivity (Wildman–Crippen MR) is 110 cm³/mol. The Bertz CT molecular complexity index is 961. The number of carbonyl (C=O) groups excluding carboxylic acids is 1. The highest BCUT2D eigenvalue weighted by molar-refractivity contribution is 7.14. The van der Waals surface area contributed by atoms with E-state index in [1.165, 1.54) is 29.1 Å². The van der Waals surface area contributed by atoms with Gasteiger partial charge in [-0.05, 0) is 23.6 Å². The van der Waals surface area contributed by atoms with E-state index in [9.17, 15) is 14.9 Å². The van der Waals surface area contributed by atoms with Gasteiger partial charge in [0.15, 0.2) is 0 Å². The number of thiophene rings is 1. The first-order valence-electron chi connectivity index (χ1n) is 8.84. The molecule has 144 valence electrons. The summed E-state index contributed by atoms with van der Waals surface area (Å²) in [6.07, 6.45) is 0. The molecule has 28 heavy (non-hydrogen) atoms. The van der Waals surface area contributed by atoms with Crippen molar-refractivity contribution in [2.75, 3.05) is 26.2 Å². The summed E-state index contributed by atoms with van der Waals surface area (Å²) in [6, 6.07) is 9.89. The number of amides is 1. The van der Waals surface area contributed by atoms with Crippen molar-refractivity contribution < 1.29 is 9.72 Å². The first-order valence-corrected chi connectivity index (χ1v) is 10.6. The van der Waals surface area contributed by atoms with Crippen molar-refractivity contribution in [2.45, 2.75) is 6.54 Å². The third kappa shape index (κ3) is 4.11. The second-order valence-electron chi connectivity index (χ2n) is 6.48. The van der Waals surface area contributed by atoms with Gasteiger partial charge in [0.25, 0.3) is 11.6 Å². The van der Waals surface area contributed by atoms with Gasteiger partial charge in [-0.3, -0.25) is 19.8 Å². The lowest BCUT2D eigenvalue weighted by Gasteiger charge is -2.34. The van der Waals surface area contributed by atoms with E-state index >= 15 is 0 Å². The lowest BCUT2D eigenvalue weighted by Crippen LogP contribution is -2.48. The van der Waals surface area contributed by atoms with E-state index < -0.39 is 4.92 Å². The zero-order valence-electron chi connectivity index (χ0n) is 15.0. The highest BCUT2D eigenvalue weighted by Gasteiger charge is 2.23. The number of benzene rings is 1. The van der Waals surface area contributed by atoms with Crippen molar-refractivity contribution in [1.29, 1.82) is 0 Å². The van der Waals surface area contributed by atoms with Crippen LogP contribution >= 0.6 is 22.7 Å². The molecule has 3 aromatic rings. The van der Waals surface area contributed by atoms with Gasteiger partial charge in [0.05, 0.1) is 22.0 Å². The van der Waals surface area contributed by atoms with Crippen LogP contribution in [0, 0.1) is 10.1 Å². The molecular weight excluding hydrogens is 396 g/mol. The van der Waals surface area contributed by atoms with Gasteiger partial charge in [0.2, 0.25) is 0 Å². The maximum Gasteiger partial charge on any atom is 0.269 e. The molecule has 0 aliphatic carbocycles. The van der Waals surface area contributed by atoms with Crippen LogP contribution in [0.2, 0.25) is 0 Å². The van der Waals surface area contributed by atoms with Crippen molar-refractivity contribution in [3.63, 3.8) is 0 Å². The number of non-ortho nitro benzene ring substituents is 1. The summed E-state index contributed by atoms with van der Waals surface area (Å²) in [5.41, 5.74) is 1.51. The monoisotopic (exact) mass is 414 g/mol. The Labute approximate surface area is 170 Å². The molecule has 4 rings (SSSR count). The highest BCUT2D eigenvalue weighted by atomic mass is 32.1. The molecule has 0 unspecified atom stereocenters. The number of hydrogen-bond acceptors (Lipinski definition) is 7. The van der Waals surface area contributed by atoms with Gasteiger partial charge in [-0.25, -0.2) is 4.98 Å². The van der Waals surface area contributed by atoms with Gasteiger partial charge < -0.3 is 4.90 Å². The predicted octanol–water partition coefficient (Wildman–Crippen LogP) is 3.74. The SMILES string of the molecule is O=C(c1ccc([N+](=O)[O-])cc1)N1CCN(Cc2nc(-c3cccs3)cs2)CC1. The van der Waals surface area contributed by atoms with Gasteiger partial charge in [0.1, 0.15) is 5.01 Å². The molecule has 1 aliphatic rings. The molecule has 1 amide bonds. The first-order chi connectivity index (χ1) is 13.6. The number of thiazole rings is 1. The normalized spacial score (nSPS) is 14.9. The number of rotatable bonds is 5. The van der Waals surface area contributed by atoms with Crippen molar-refractivity contribution in [2.24, 2.45) is 0 Å². The molecule has 0 atom stereocenters. The minimum absolute atomic E-state index is 0.00765. The van der Waals surface area contributed by atoms with E-state index in [1.807, 2.05) is 6.07 Å². The molecule has 0 spiro atoms. The van der Waals surface area contributed by atoms with Gasteiger partial charge in [-0.2, -0.15) is 0 Å². The van der Waals surface area contributed by atoms with Gasteiger partial charge in [-0.1, -0.05) is 6.07 Å². The molecule has 1 saturated heterocycles. The minimum Gasteiger partial charge on any atom is -0.336 e. The lowest BCUT2D eigenvalue weighted by molar-refractivity contribution is -0.384. The number of nitrogens with zero attached hydrogens (tertiary/aromatic N) is 4. The van der Waals surface area contributed by atoms with Crippen LogP contribution < -0.4 is 0 Å². The quantitative estimate of drug-likeness (QED) is 0.469. The van der Waals surface area contributed by atoms with Crippen LogP contribution in [0.25, 0.3) is 10.6 Å². The van der Waals surface area contributed by atoms with Crippen molar-refractivity contribution in [3.8, 4) is 10.6 Å². The van der Waals surface area contributed by atoms with Crippen LogP contribution in [0.5, 0.6) is 0 Å². The molecular formula is C19H18N4O3S2. The number of carbonyl (C=O) groups is 1. The third-order valence-electron chi connectivity index (χ3n) is 4.67. The molecule has 0 N–H and O–H groups in total. The maximum absolute atomic E-state index is 12.6. The Morgan fingerprint density at radius 2 is 1.86 bits per heavy atom. The molecule has 3 heterocycles. The van der Waals surface area contributed by atoms with Crippen molar-refractivity contribution in [1.82, 2.24) is 14.8 Å². The largest absolute Gasteiger partial charge is 0.336 e. The van der Waals surface area contributed by atoms with E-state index in [0.717, 1.165) is 30.3 Å². The van der Waals surface area contributed by atoms with Crippen LogP contribution in [0.3, 0.4) is 0 Å². The van der Waals surface area contributed by atoms with Gasteiger partial charge in [0, 0.05) is 49.3 Å². The number of nitro groups is 1. The van der Waals surface area contributed by atoms with Crippen molar-refractivity contribution in [3.05, 3.63) is 67.8 Å². The second kappa shape index (κ2) is 8.17. The van der Waals surface area contributed by atoms with Crippen LogP contribution in [0.4, 0.5) is 5.69 Å².